The molecule has 0 aromatic heterocycles. The normalized spacial score (nSPS) is 14.9. The summed E-state index contributed by atoms with van der Waals surface area (Å²) in [6.45, 7) is 4.63. The largest absolute Gasteiger partial charge is 0.381 e. The first kappa shape index (κ1) is 46.8. The fraction of sp³-hybridized carbons (Fsp3) is 0.629. The van der Waals surface area contributed by atoms with E-state index in [1.54, 1.807) is 0 Å². The number of hydrogen-bond donors (Lipinski definition) is 0. The maximum Gasteiger partial charge on any atom is 0.335 e. The van der Waals surface area contributed by atoms with Gasteiger partial charge in [-0.15, -0.1) is 34.0 Å². The van der Waals surface area contributed by atoms with Gasteiger partial charge in [-0.2, -0.15) is 0 Å². The monoisotopic (exact) mass is 765 g/mol. The predicted molar refractivity (Wildman–Crippen MR) is 180 cm³/mol. The van der Waals surface area contributed by atoms with Crippen molar-refractivity contribution >= 4 is 53.4 Å². The Balaban J connectivity index is 0.000000413. The first-order valence-electron chi connectivity index (χ1n) is 17.3. The predicted octanol–water partition coefficient (Wildman–Crippen LogP) is 0.864. The molecule has 3 fully saturated rings. The molecule has 0 saturated carbocycles. The fourth-order valence-electron chi connectivity index (χ4n) is 4.04. The number of amides is 6. The number of rotatable bonds is 22. The third kappa shape index (κ3) is 20.1. The number of terminal acetylenes is 2. The highest BCUT2D eigenvalue weighted by atomic mass is 16.7. The molecule has 3 saturated heterocycles. The topological polar surface area (TPSA) is 228 Å². The summed E-state index contributed by atoms with van der Waals surface area (Å²) < 4.78 is 20.4. The molecule has 0 N–H and O–H groups in total. The van der Waals surface area contributed by atoms with Crippen molar-refractivity contribution in [1.29, 1.82) is 0 Å². The quantitative estimate of drug-likeness (QED) is 0.0846. The molecule has 19 nitrogen and oxygen atoms in total. The summed E-state index contributed by atoms with van der Waals surface area (Å²) in [4.78, 5) is 115. The summed E-state index contributed by atoms with van der Waals surface area (Å²) in [5.74, 6) is 0.0689. The van der Waals surface area contributed by atoms with Crippen LogP contribution in [0.4, 0.5) is 0 Å². The van der Waals surface area contributed by atoms with Crippen LogP contribution in [-0.2, 0) is 76.6 Å². The number of ether oxygens (including phenoxy) is 4. The highest BCUT2D eigenvalue weighted by Gasteiger charge is 2.34. The lowest BCUT2D eigenvalue weighted by Gasteiger charge is -2.12. The molecule has 3 aliphatic heterocycles. The molecule has 0 aromatic rings. The molecule has 54 heavy (non-hydrogen) atoms. The maximum atomic E-state index is 11.4. The summed E-state index contributed by atoms with van der Waals surface area (Å²) in [7, 11) is 0. The van der Waals surface area contributed by atoms with Gasteiger partial charge >= 0.3 is 17.9 Å². The van der Waals surface area contributed by atoms with Crippen LogP contribution in [0, 0.1) is 24.7 Å². The fourth-order valence-corrected chi connectivity index (χ4v) is 4.04. The van der Waals surface area contributed by atoms with Crippen LogP contribution < -0.4 is 0 Å². The molecule has 0 spiro atoms. The van der Waals surface area contributed by atoms with E-state index in [1.165, 1.54) is 0 Å². The Morgan fingerprint density at radius 1 is 0.500 bits per heavy atom. The molecule has 19 heteroatoms. The minimum absolute atomic E-state index is 0.0387. The average molecular weight is 766 g/mol. The second-order valence-corrected chi connectivity index (χ2v) is 11.1. The second-order valence-electron chi connectivity index (χ2n) is 11.1. The van der Waals surface area contributed by atoms with Crippen molar-refractivity contribution in [1.82, 2.24) is 15.2 Å². The van der Waals surface area contributed by atoms with Crippen LogP contribution in [0.5, 0.6) is 0 Å². The number of carbonyl (C=O) groups excluding carboxylic acids is 9. The number of nitrogens with zero attached hydrogens (tertiary/aromatic N) is 3. The van der Waals surface area contributed by atoms with E-state index in [-0.39, 0.29) is 77.6 Å². The van der Waals surface area contributed by atoms with E-state index in [1.807, 2.05) is 6.92 Å². The highest BCUT2D eigenvalue weighted by Crippen LogP contribution is 2.15. The van der Waals surface area contributed by atoms with Crippen molar-refractivity contribution in [3.05, 3.63) is 0 Å². The standard InChI is InChI=1S/C14H19NO7.C11H13NO4.C10H15NO5/c1-2-6-19-8-10-21-11-9-20-7-5-14(18)22-15-12(16)3-4-13(15)17;1-2-3-4-5-6-11(15)16-12-9(13)7-8-10(12)14;1-2-6-15-7-5-10(14)16-11-8(12)3-4-9(11)13/h1H,3-11H2;1H,3-8H2;2-7H2,1H3. The smallest absolute Gasteiger partial charge is 0.335 e. The van der Waals surface area contributed by atoms with Crippen LogP contribution in [-0.4, -0.2) is 121 Å². The Morgan fingerprint density at radius 2 is 0.852 bits per heavy atom. The Hall–Kier alpha value is -5.21. The van der Waals surface area contributed by atoms with E-state index >= 15 is 0 Å². The van der Waals surface area contributed by atoms with Gasteiger partial charge in [-0.05, 0) is 19.3 Å². The highest BCUT2D eigenvalue weighted by molar-refractivity contribution is 6.02. The number of imide groups is 3. The van der Waals surface area contributed by atoms with E-state index in [2.05, 4.69) is 26.4 Å². The van der Waals surface area contributed by atoms with E-state index in [4.69, 9.17) is 31.8 Å². The molecule has 0 atom stereocenters. The van der Waals surface area contributed by atoms with Crippen LogP contribution in [0.1, 0.15) is 90.4 Å². The molecule has 0 radical (unpaired) electrons. The van der Waals surface area contributed by atoms with Gasteiger partial charge in [0.05, 0.1) is 52.5 Å². The van der Waals surface area contributed by atoms with Crippen LogP contribution in [0.2, 0.25) is 0 Å². The van der Waals surface area contributed by atoms with Crippen molar-refractivity contribution in [3.63, 3.8) is 0 Å². The first-order valence-corrected chi connectivity index (χ1v) is 17.3. The van der Waals surface area contributed by atoms with E-state index in [0.717, 1.165) is 12.8 Å². The van der Waals surface area contributed by atoms with Crippen molar-refractivity contribution in [2.45, 2.75) is 90.4 Å². The van der Waals surface area contributed by atoms with Gasteiger partial charge in [-0.3, -0.25) is 28.8 Å². The van der Waals surface area contributed by atoms with Crippen LogP contribution >= 0.6 is 0 Å². The Bertz CT molecular complexity index is 1340. The summed E-state index contributed by atoms with van der Waals surface area (Å²) in [6.07, 6.45) is 13.6. The molecule has 3 aliphatic rings. The van der Waals surface area contributed by atoms with Gasteiger partial charge in [0.15, 0.2) is 0 Å². The number of hydrogen-bond acceptors (Lipinski definition) is 16. The van der Waals surface area contributed by atoms with Gasteiger partial charge in [0.2, 0.25) is 0 Å². The van der Waals surface area contributed by atoms with E-state index in [9.17, 15) is 43.2 Å². The molecule has 0 unspecified atom stereocenters. The minimum atomic E-state index is -0.688. The maximum absolute atomic E-state index is 11.4. The Labute approximate surface area is 313 Å². The zero-order chi connectivity index (χ0) is 40.1. The Morgan fingerprint density at radius 3 is 1.22 bits per heavy atom. The van der Waals surface area contributed by atoms with Crippen molar-refractivity contribution < 1.29 is 76.6 Å². The lowest BCUT2D eigenvalue weighted by molar-refractivity contribution is -0.198. The van der Waals surface area contributed by atoms with Crippen LogP contribution in [0.25, 0.3) is 0 Å². The molecular formula is C35H47N3O16. The molecule has 3 rings (SSSR count). The first-order chi connectivity index (χ1) is 25.9. The Kier molecular flexibility index (Phi) is 24.5. The van der Waals surface area contributed by atoms with E-state index < -0.39 is 53.4 Å². The van der Waals surface area contributed by atoms with Gasteiger partial charge in [0.1, 0.15) is 6.61 Å². The molecular weight excluding hydrogens is 718 g/mol. The van der Waals surface area contributed by atoms with Crippen molar-refractivity contribution in [2.24, 2.45) is 0 Å². The number of unbranched alkanes of at least 4 members (excludes halogenated alkanes) is 2. The summed E-state index contributed by atoms with van der Waals surface area (Å²) in [5, 5.41) is 1.62. The average Bonchev–Trinajstić information content (AvgIpc) is 3.76. The molecule has 6 amide bonds. The molecule has 3 heterocycles. The molecule has 0 bridgehead atoms. The van der Waals surface area contributed by atoms with E-state index in [0.29, 0.717) is 61.1 Å². The molecule has 298 valence electrons. The van der Waals surface area contributed by atoms with Crippen LogP contribution in [0.15, 0.2) is 0 Å². The lowest BCUT2D eigenvalue weighted by Crippen LogP contribution is -2.32. The van der Waals surface area contributed by atoms with Crippen molar-refractivity contribution in [3.8, 4) is 24.7 Å². The summed E-state index contributed by atoms with van der Waals surface area (Å²) in [6, 6.07) is 0. The van der Waals surface area contributed by atoms with Gasteiger partial charge in [-0.25, -0.2) is 14.4 Å². The second kappa shape index (κ2) is 28.3. The van der Waals surface area contributed by atoms with Gasteiger partial charge < -0.3 is 33.5 Å². The minimum Gasteiger partial charge on any atom is -0.381 e. The lowest BCUT2D eigenvalue weighted by atomic mass is 10.2. The summed E-state index contributed by atoms with van der Waals surface area (Å²) >= 11 is 0. The van der Waals surface area contributed by atoms with Gasteiger partial charge in [-0.1, -0.05) is 12.8 Å². The van der Waals surface area contributed by atoms with Crippen molar-refractivity contribution in [2.75, 3.05) is 52.9 Å². The molecule has 0 aliphatic carbocycles. The zero-order valence-electron chi connectivity index (χ0n) is 30.4. The third-order valence-electron chi connectivity index (χ3n) is 6.73. The number of hydroxylamine groups is 6. The van der Waals surface area contributed by atoms with Gasteiger partial charge in [0.25, 0.3) is 35.4 Å². The number of carbonyl (C=O) groups is 9. The SMILES string of the molecule is C#CCCCCC(=O)ON1C(=O)CCC1=O.C#CCOCCOCCOCCC(=O)ON1C(=O)CCC1=O.CCCOCCC(=O)ON1C(=O)CCC1=O. The molecule has 0 aromatic carbocycles. The zero-order valence-corrected chi connectivity index (χ0v) is 30.4. The van der Waals surface area contributed by atoms with Gasteiger partial charge in [0, 0.05) is 58.0 Å². The van der Waals surface area contributed by atoms with Crippen LogP contribution in [0.3, 0.4) is 0 Å². The third-order valence-corrected chi connectivity index (χ3v) is 6.73. The summed E-state index contributed by atoms with van der Waals surface area (Å²) in [5.41, 5.74) is 0.